The van der Waals surface area contributed by atoms with E-state index < -0.39 is 23.8 Å². The molecule has 0 saturated carbocycles. The van der Waals surface area contributed by atoms with Crippen LogP contribution in [0.5, 0.6) is 0 Å². The molecule has 2 rings (SSSR count). The number of hydrogen-bond donors (Lipinski definition) is 4. The van der Waals surface area contributed by atoms with E-state index in [0.29, 0.717) is 39.4 Å². The Labute approximate surface area is 210 Å². The number of guanidine groups is 1. The van der Waals surface area contributed by atoms with Crippen molar-refractivity contribution in [1.82, 2.24) is 16.0 Å². The van der Waals surface area contributed by atoms with E-state index in [1.165, 1.54) is 6.07 Å². The third-order valence-electron chi connectivity index (χ3n) is 4.49. The molecular weight excluding hydrogens is 500 g/mol. The van der Waals surface area contributed by atoms with Gasteiger partial charge >= 0.3 is 5.97 Å². The first-order valence-electron chi connectivity index (χ1n) is 10.3. The van der Waals surface area contributed by atoms with Crippen LogP contribution in [-0.2, 0) is 14.1 Å². The summed E-state index contributed by atoms with van der Waals surface area (Å²) in [6, 6.07) is 10.7. The number of carbonyl (C=O) groups excluding carboxylic acids is 3. The number of nitrogens with one attached hydrogen (secondary N) is 4. The molecule has 2 amide bonds. The monoisotopic (exact) mass is 525 g/mol. The van der Waals surface area contributed by atoms with E-state index in [9.17, 15) is 14.4 Å². The minimum Gasteiger partial charge on any atom is -0.451 e. The summed E-state index contributed by atoms with van der Waals surface area (Å²) in [7, 11) is 3.51. The molecule has 0 saturated heterocycles. The van der Waals surface area contributed by atoms with Gasteiger partial charge in [-0.1, -0.05) is 29.3 Å². The Morgan fingerprint density at radius 1 is 1.09 bits per heavy atom. The number of nitrogens with zero attached hydrogens (tertiary/aromatic N) is 1. The average molecular weight is 526 g/mol. The third-order valence-corrected chi connectivity index (χ3v) is 5.19. The van der Waals surface area contributed by atoms with Crippen LogP contribution in [0.15, 0.2) is 47.5 Å². The maximum Gasteiger partial charge on any atom is 0.310 e. The molecule has 182 valence electrons. The SMILES string of the molecule is CCNC(=NC)Nc1cccc(C(=O)NCC(=O)NC(CC(=O)OP)c2cc(Cl)cc(Cl)c2)c1. The molecule has 0 aliphatic heterocycles. The van der Waals surface area contributed by atoms with Crippen LogP contribution >= 0.6 is 32.7 Å². The van der Waals surface area contributed by atoms with Crippen molar-refractivity contribution in [2.75, 3.05) is 25.5 Å². The van der Waals surface area contributed by atoms with E-state index >= 15 is 0 Å². The molecule has 2 atom stereocenters. The highest BCUT2D eigenvalue weighted by Gasteiger charge is 2.20. The third kappa shape index (κ3) is 8.82. The lowest BCUT2D eigenvalue weighted by Gasteiger charge is -2.19. The lowest BCUT2D eigenvalue weighted by molar-refractivity contribution is -0.134. The zero-order valence-corrected chi connectivity index (χ0v) is 21.3. The van der Waals surface area contributed by atoms with Gasteiger partial charge in [-0.15, -0.1) is 0 Å². The first kappa shape index (κ1) is 27.4. The highest BCUT2D eigenvalue weighted by atomic mass is 35.5. The fraction of sp³-hybridized carbons (Fsp3) is 0.273. The van der Waals surface area contributed by atoms with E-state index in [0.717, 1.165) is 0 Å². The standard InChI is InChI=1S/C22H26Cl2N5O4P/c1-3-26-22(25-2)28-17-6-4-5-13(9-17)21(32)27-12-19(30)29-18(11-20(31)33-34)14-7-15(23)10-16(24)8-14/h4-10,18H,3,11-12,34H2,1-2H3,(H,27,32)(H,29,30)(H2,25,26,28). The van der Waals surface area contributed by atoms with E-state index in [1.54, 1.807) is 43.4 Å². The van der Waals surface area contributed by atoms with Gasteiger partial charge in [-0.3, -0.25) is 19.4 Å². The van der Waals surface area contributed by atoms with Gasteiger partial charge in [-0.25, -0.2) is 0 Å². The molecule has 0 spiro atoms. The maximum absolute atomic E-state index is 12.6. The summed E-state index contributed by atoms with van der Waals surface area (Å²) in [5, 5.41) is 12.1. The quantitative estimate of drug-likeness (QED) is 0.226. The molecule has 0 aliphatic carbocycles. The lowest BCUT2D eigenvalue weighted by Crippen LogP contribution is -2.39. The predicted octanol–water partition coefficient (Wildman–Crippen LogP) is 3.31. The largest absolute Gasteiger partial charge is 0.451 e. The van der Waals surface area contributed by atoms with Gasteiger partial charge in [0.2, 0.25) is 5.91 Å². The van der Waals surface area contributed by atoms with Crippen LogP contribution in [0.1, 0.15) is 35.3 Å². The Morgan fingerprint density at radius 3 is 2.41 bits per heavy atom. The second kappa shape index (κ2) is 13.7. The second-order valence-corrected chi connectivity index (χ2v) is 8.12. The molecule has 2 aromatic rings. The summed E-state index contributed by atoms with van der Waals surface area (Å²) in [5.41, 5.74) is 1.54. The number of carbonyl (C=O) groups is 3. The van der Waals surface area contributed by atoms with Crippen molar-refractivity contribution in [3.8, 4) is 0 Å². The normalized spacial score (nSPS) is 11.9. The summed E-state index contributed by atoms with van der Waals surface area (Å²) >= 11 is 12.1. The molecular formula is C22H26Cl2N5O4P. The first-order chi connectivity index (χ1) is 16.2. The van der Waals surface area contributed by atoms with Gasteiger partial charge in [0, 0.05) is 34.9 Å². The molecule has 0 aromatic heterocycles. The van der Waals surface area contributed by atoms with Crippen molar-refractivity contribution in [2.45, 2.75) is 19.4 Å². The summed E-state index contributed by atoms with van der Waals surface area (Å²) in [5.74, 6) is -0.945. The molecule has 2 aromatic carbocycles. The molecule has 9 nitrogen and oxygen atoms in total. The van der Waals surface area contributed by atoms with Gasteiger partial charge in [0.1, 0.15) is 0 Å². The number of anilines is 1. The Morgan fingerprint density at radius 2 is 1.79 bits per heavy atom. The van der Waals surface area contributed by atoms with Crippen LogP contribution in [-0.4, -0.2) is 43.9 Å². The van der Waals surface area contributed by atoms with Gasteiger partial charge in [0.25, 0.3) is 5.91 Å². The molecule has 0 bridgehead atoms. The molecule has 0 heterocycles. The smallest absolute Gasteiger partial charge is 0.310 e. The number of rotatable bonds is 9. The van der Waals surface area contributed by atoms with Crippen molar-refractivity contribution in [3.63, 3.8) is 0 Å². The zero-order chi connectivity index (χ0) is 25.1. The van der Waals surface area contributed by atoms with Crippen LogP contribution < -0.4 is 21.3 Å². The fourth-order valence-corrected chi connectivity index (χ4v) is 3.61. The van der Waals surface area contributed by atoms with E-state index in [4.69, 9.17) is 23.2 Å². The van der Waals surface area contributed by atoms with Gasteiger partial charge in [-0.2, -0.15) is 0 Å². The van der Waals surface area contributed by atoms with Crippen LogP contribution in [0, 0.1) is 0 Å². The number of halogens is 2. The summed E-state index contributed by atoms with van der Waals surface area (Å²) in [4.78, 5) is 41.0. The van der Waals surface area contributed by atoms with Crippen LogP contribution in [0.2, 0.25) is 10.0 Å². The Balaban J connectivity index is 2.03. The van der Waals surface area contributed by atoms with Gasteiger partial charge in [0.05, 0.1) is 28.5 Å². The molecule has 0 aliphatic rings. The van der Waals surface area contributed by atoms with Crippen molar-refractivity contribution in [2.24, 2.45) is 4.99 Å². The topological polar surface area (TPSA) is 121 Å². The van der Waals surface area contributed by atoms with E-state index in [2.05, 4.69) is 30.8 Å². The molecule has 0 fully saturated rings. The Bertz CT molecular complexity index is 1050. The molecule has 2 unspecified atom stereocenters. The van der Waals surface area contributed by atoms with E-state index in [1.807, 2.05) is 16.4 Å². The maximum atomic E-state index is 12.6. The van der Waals surface area contributed by atoms with Crippen LogP contribution in [0.3, 0.4) is 0 Å². The van der Waals surface area contributed by atoms with Crippen molar-refractivity contribution < 1.29 is 18.9 Å². The molecule has 0 radical (unpaired) electrons. The average Bonchev–Trinajstić information content (AvgIpc) is 2.81. The summed E-state index contributed by atoms with van der Waals surface area (Å²) < 4.78 is 4.63. The van der Waals surface area contributed by atoms with Gasteiger partial charge in [-0.05, 0) is 48.9 Å². The van der Waals surface area contributed by atoms with Crippen molar-refractivity contribution in [1.29, 1.82) is 0 Å². The minimum atomic E-state index is -0.751. The Hall–Kier alpha value is -2.87. The first-order valence-corrected chi connectivity index (χ1v) is 11.5. The molecule has 4 N–H and O–H groups in total. The zero-order valence-electron chi connectivity index (χ0n) is 18.7. The second-order valence-electron chi connectivity index (χ2n) is 7.01. The number of benzene rings is 2. The van der Waals surface area contributed by atoms with E-state index in [-0.39, 0.29) is 13.0 Å². The molecule has 34 heavy (non-hydrogen) atoms. The predicted molar refractivity (Wildman–Crippen MR) is 137 cm³/mol. The lowest BCUT2D eigenvalue weighted by atomic mass is 10.0. The minimum absolute atomic E-state index is 0.152. The molecule has 12 heteroatoms. The fourth-order valence-electron chi connectivity index (χ4n) is 2.97. The number of aliphatic imine (C=N–C) groups is 1. The van der Waals surface area contributed by atoms with Crippen molar-refractivity contribution >= 4 is 62.1 Å². The number of amides is 2. The summed E-state index contributed by atoms with van der Waals surface area (Å²) in [6.45, 7) is 2.32. The Kier molecular flexibility index (Phi) is 11.1. The van der Waals surface area contributed by atoms with Crippen molar-refractivity contribution in [3.05, 3.63) is 63.6 Å². The van der Waals surface area contributed by atoms with Crippen LogP contribution in [0.25, 0.3) is 0 Å². The highest BCUT2D eigenvalue weighted by molar-refractivity contribution is 7.10. The highest BCUT2D eigenvalue weighted by Crippen LogP contribution is 2.26. The van der Waals surface area contributed by atoms with Crippen LogP contribution in [0.4, 0.5) is 5.69 Å². The van der Waals surface area contributed by atoms with Gasteiger partial charge in [0.15, 0.2) is 5.96 Å². The summed E-state index contributed by atoms with van der Waals surface area (Å²) in [6.07, 6.45) is -0.152. The van der Waals surface area contributed by atoms with Gasteiger partial charge < -0.3 is 25.8 Å². The number of hydrogen-bond acceptors (Lipinski definition) is 5.